The van der Waals surface area contributed by atoms with Gasteiger partial charge in [0.1, 0.15) is 0 Å². The Bertz CT molecular complexity index is 499. The predicted molar refractivity (Wildman–Crippen MR) is 83.5 cm³/mol. The van der Waals surface area contributed by atoms with Gasteiger partial charge in [-0.1, -0.05) is 39.7 Å². The minimum atomic E-state index is 0.826. The van der Waals surface area contributed by atoms with Crippen LogP contribution in [0.2, 0.25) is 5.02 Å². The molecule has 0 amide bonds. The standard InChI is InChI=1S/C14H15BrClNS/c1-17(7-6-13-3-2-8-18-13)10-11-4-5-12(15)9-14(11)16/h2-5,8-9H,6-7,10H2,1H3. The van der Waals surface area contributed by atoms with Crippen molar-refractivity contribution in [2.45, 2.75) is 13.0 Å². The van der Waals surface area contributed by atoms with E-state index in [-0.39, 0.29) is 0 Å². The van der Waals surface area contributed by atoms with E-state index in [2.05, 4.69) is 51.5 Å². The van der Waals surface area contributed by atoms with Gasteiger partial charge in [0, 0.05) is 27.5 Å². The molecule has 0 aliphatic rings. The third-order valence-corrected chi connectivity index (χ3v) is 4.56. The maximum Gasteiger partial charge on any atom is 0.0462 e. The molecule has 0 saturated carbocycles. The lowest BCUT2D eigenvalue weighted by Gasteiger charge is -2.17. The molecule has 0 N–H and O–H groups in total. The lowest BCUT2D eigenvalue weighted by molar-refractivity contribution is 0.332. The second-order valence-corrected chi connectivity index (χ2v) is 6.66. The Balaban J connectivity index is 1.88. The van der Waals surface area contributed by atoms with Crippen LogP contribution in [0.25, 0.3) is 0 Å². The van der Waals surface area contributed by atoms with Crippen LogP contribution >= 0.6 is 38.9 Å². The van der Waals surface area contributed by atoms with Gasteiger partial charge in [0.2, 0.25) is 0 Å². The highest BCUT2D eigenvalue weighted by atomic mass is 79.9. The van der Waals surface area contributed by atoms with Gasteiger partial charge < -0.3 is 4.90 Å². The van der Waals surface area contributed by atoms with E-state index in [4.69, 9.17) is 11.6 Å². The molecule has 0 atom stereocenters. The molecule has 0 spiro atoms. The van der Waals surface area contributed by atoms with E-state index in [1.54, 1.807) is 0 Å². The average molecular weight is 345 g/mol. The maximum absolute atomic E-state index is 6.22. The van der Waals surface area contributed by atoms with Crippen LogP contribution in [0.4, 0.5) is 0 Å². The molecule has 0 aliphatic carbocycles. The molecule has 2 rings (SSSR count). The Labute approximate surface area is 126 Å². The van der Waals surface area contributed by atoms with Gasteiger partial charge in [-0.25, -0.2) is 0 Å². The number of hydrogen-bond donors (Lipinski definition) is 0. The molecule has 0 fully saturated rings. The highest BCUT2D eigenvalue weighted by molar-refractivity contribution is 9.10. The van der Waals surface area contributed by atoms with Crippen molar-refractivity contribution in [2.24, 2.45) is 0 Å². The van der Waals surface area contributed by atoms with E-state index in [0.29, 0.717) is 0 Å². The van der Waals surface area contributed by atoms with Crippen molar-refractivity contribution in [3.05, 3.63) is 55.6 Å². The quantitative estimate of drug-likeness (QED) is 0.750. The van der Waals surface area contributed by atoms with E-state index < -0.39 is 0 Å². The molecule has 0 unspecified atom stereocenters. The Morgan fingerprint density at radius 2 is 2.17 bits per heavy atom. The average Bonchev–Trinajstić information content (AvgIpc) is 2.83. The van der Waals surface area contributed by atoms with Gasteiger partial charge >= 0.3 is 0 Å². The third-order valence-electron chi connectivity index (χ3n) is 2.78. The lowest BCUT2D eigenvalue weighted by Crippen LogP contribution is -2.20. The fourth-order valence-corrected chi connectivity index (χ4v) is 3.21. The van der Waals surface area contributed by atoms with Gasteiger partial charge in [-0.15, -0.1) is 11.3 Å². The molecule has 1 nitrogen and oxygen atoms in total. The topological polar surface area (TPSA) is 3.24 Å². The molecule has 96 valence electrons. The maximum atomic E-state index is 6.22. The number of halogens is 2. The van der Waals surface area contributed by atoms with Crippen LogP contribution in [0.5, 0.6) is 0 Å². The largest absolute Gasteiger partial charge is 0.302 e. The van der Waals surface area contributed by atoms with Crippen LogP contribution in [0.1, 0.15) is 10.4 Å². The fourth-order valence-electron chi connectivity index (χ4n) is 1.78. The van der Waals surface area contributed by atoms with Crippen molar-refractivity contribution in [3.63, 3.8) is 0 Å². The summed E-state index contributed by atoms with van der Waals surface area (Å²) < 4.78 is 1.03. The zero-order valence-corrected chi connectivity index (χ0v) is 13.4. The van der Waals surface area contributed by atoms with E-state index in [9.17, 15) is 0 Å². The minimum absolute atomic E-state index is 0.826. The molecule has 0 radical (unpaired) electrons. The normalized spacial score (nSPS) is 11.1. The highest BCUT2D eigenvalue weighted by Crippen LogP contribution is 2.22. The number of benzene rings is 1. The summed E-state index contributed by atoms with van der Waals surface area (Å²) in [5, 5.41) is 2.95. The molecular weight excluding hydrogens is 330 g/mol. The van der Waals surface area contributed by atoms with Gasteiger partial charge in [-0.2, -0.15) is 0 Å². The zero-order chi connectivity index (χ0) is 13.0. The van der Waals surface area contributed by atoms with Gasteiger partial charge in [0.25, 0.3) is 0 Å². The van der Waals surface area contributed by atoms with E-state index in [0.717, 1.165) is 29.0 Å². The molecule has 1 aromatic heterocycles. The summed E-state index contributed by atoms with van der Waals surface area (Å²) in [6.45, 7) is 1.93. The Morgan fingerprint density at radius 1 is 1.33 bits per heavy atom. The van der Waals surface area contributed by atoms with Crippen molar-refractivity contribution >= 4 is 38.9 Å². The first kappa shape index (κ1) is 14.1. The van der Waals surface area contributed by atoms with Gasteiger partial charge in [0.05, 0.1) is 0 Å². The molecule has 0 bridgehead atoms. The summed E-state index contributed by atoms with van der Waals surface area (Å²) in [6, 6.07) is 10.4. The fraction of sp³-hybridized carbons (Fsp3) is 0.286. The van der Waals surface area contributed by atoms with Crippen molar-refractivity contribution in [3.8, 4) is 0 Å². The number of hydrogen-bond acceptors (Lipinski definition) is 2. The first-order chi connectivity index (χ1) is 8.65. The summed E-state index contributed by atoms with van der Waals surface area (Å²) in [5.41, 5.74) is 1.17. The van der Waals surface area contributed by atoms with E-state index in [1.165, 1.54) is 10.4 Å². The Kier molecular flexibility index (Phi) is 5.25. The molecule has 1 aromatic carbocycles. The van der Waals surface area contributed by atoms with Crippen LogP contribution in [0, 0.1) is 0 Å². The van der Waals surface area contributed by atoms with Gasteiger partial charge in [0.15, 0.2) is 0 Å². The van der Waals surface area contributed by atoms with Crippen LogP contribution in [-0.4, -0.2) is 18.5 Å². The summed E-state index contributed by atoms with van der Waals surface area (Å²) in [6.07, 6.45) is 1.10. The van der Waals surface area contributed by atoms with E-state index in [1.807, 2.05) is 23.5 Å². The number of thiophene rings is 1. The van der Waals surface area contributed by atoms with Crippen molar-refractivity contribution in [1.82, 2.24) is 4.90 Å². The monoisotopic (exact) mass is 343 g/mol. The molecule has 4 heteroatoms. The molecular formula is C14H15BrClNS. The predicted octanol–water partition coefficient (Wildman–Crippen LogP) is 4.84. The summed E-state index contributed by atoms with van der Waals surface area (Å²) in [7, 11) is 2.13. The number of nitrogens with zero attached hydrogens (tertiary/aromatic N) is 1. The van der Waals surface area contributed by atoms with Crippen LogP contribution in [0.3, 0.4) is 0 Å². The molecule has 0 aliphatic heterocycles. The SMILES string of the molecule is CN(CCc1cccs1)Cc1ccc(Br)cc1Cl. The molecule has 1 heterocycles. The number of rotatable bonds is 5. The Hall–Kier alpha value is -0.350. The third kappa shape index (κ3) is 4.09. The first-order valence-electron chi connectivity index (χ1n) is 5.80. The van der Waals surface area contributed by atoms with Gasteiger partial charge in [-0.05, 0) is 42.6 Å². The molecule has 18 heavy (non-hydrogen) atoms. The smallest absolute Gasteiger partial charge is 0.0462 e. The van der Waals surface area contributed by atoms with Crippen molar-refractivity contribution in [1.29, 1.82) is 0 Å². The van der Waals surface area contributed by atoms with Crippen LogP contribution in [-0.2, 0) is 13.0 Å². The number of likely N-dealkylation sites (N-methyl/N-ethyl adjacent to an activating group) is 1. The van der Waals surface area contributed by atoms with Gasteiger partial charge in [-0.3, -0.25) is 0 Å². The zero-order valence-electron chi connectivity index (χ0n) is 10.2. The second-order valence-electron chi connectivity index (χ2n) is 4.30. The van der Waals surface area contributed by atoms with Crippen molar-refractivity contribution < 1.29 is 0 Å². The molecule has 0 saturated heterocycles. The minimum Gasteiger partial charge on any atom is -0.302 e. The van der Waals surface area contributed by atoms with Crippen LogP contribution < -0.4 is 0 Å². The van der Waals surface area contributed by atoms with Crippen LogP contribution in [0.15, 0.2) is 40.2 Å². The first-order valence-corrected chi connectivity index (χ1v) is 7.85. The summed E-state index contributed by atoms with van der Waals surface area (Å²) >= 11 is 11.5. The molecule has 2 aromatic rings. The second kappa shape index (κ2) is 6.71. The summed E-state index contributed by atoms with van der Waals surface area (Å²) in [4.78, 5) is 3.73. The Morgan fingerprint density at radius 3 is 2.83 bits per heavy atom. The highest BCUT2D eigenvalue weighted by Gasteiger charge is 2.05. The lowest BCUT2D eigenvalue weighted by atomic mass is 10.2. The van der Waals surface area contributed by atoms with E-state index >= 15 is 0 Å². The van der Waals surface area contributed by atoms with Crippen molar-refractivity contribution in [2.75, 3.05) is 13.6 Å². The summed E-state index contributed by atoms with van der Waals surface area (Å²) in [5.74, 6) is 0.